The van der Waals surface area contributed by atoms with Gasteiger partial charge in [-0.15, -0.1) is 11.3 Å². The molecule has 0 bridgehead atoms. The van der Waals surface area contributed by atoms with Gasteiger partial charge in [-0.05, 0) is 49.8 Å². The zero-order valence-electron chi connectivity index (χ0n) is 19.4. The first-order valence-electron chi connectivity index (χ1n) is 11.6. The summed E-state index contributed by atoms with van der Waals surface area (Å²) in [5, 5.41) is 3.43. The van der Waals surface area contributed by atoms with E-state index in [0.29, 0.717) is 19.8 Å². The van der Waals surface area contributed by atoms with Gasteiger partial charge in [-0.25, -0.2) is 4.79 Å². The Labute approximate surface area is 218 Å². The number of rotatable bonds is 8. The number of allylic oxidation sites excluding steroid dienone is 2. The fraction of sp³-hybridized carbons (Fsp3) is 0.308. The van der Waals surface area contributed by atoms with Crippen molar-refractivity contribution in [3.63, 3.8) is 0 Å². The zero-order chi connectivity index (χ0) is 24.8. The van der Waals surface area contributed by atoms with E-state index in [1.165, 1.54) is 28.0 Å². The SMILES string of the molecule is CCOC(=O)c1c(NC(=O)CCN2C(=O)/C(=C\C=C\c3ccccc3)SC2=S)sc2c1CCCC2. The number of carbonyl (C=O) groups is 3. The lowest BCUT2D eigenvalue weighted by atomic mass is 9.95. The average Bonchev–Trinajstić information content (AvgIpc) is 3.34. The maximum Gasteiger partial charge on any atom is 0.341 e. The van der Waals surface area contributed by atoms with E-state index in [1.54, 1.807) is 13.0 Å². The number of hydrogen-bond acceptors (Lipinski definition) is 7. The molecule has 0 saturated carbocycles. The van der Waals surface area contributed by atoms with E-state index >= 15 is 0 Å². The van der Waals surface area contributed by atoms with Gasteiger partial charge in [0.1, 0.15) is 9.32 Å². The van der Waals surface area contributed by atoms with Crippen LogP contribution in [-0.4, -0.2) is 40.2 Å². The van der Waals surface area contributed by atoms with Crippen LogP contribution in [0.2, 0.25) is 0 Å². The molecule has 1 N–H and O–H groups in total. The number of carbonyl (C=O) groups excluding carboxylic acids is 3. The van der Waals surface area contributed by atoms with Crippen LogP contribution >= 0.6 is 35.3 Å². The van der Waals surface area contributed by atoms with E-state index < -0.39 is 5.97 Å². The van der Waals surface area contributed by atoms with Gasteiger partial charge in [0, 0.05) is 17.8 Å². The standard InChI is InChI=1S/C26H26N2O4S3/c1-2-32-25(31)22-18-12-6-7-13-19(18)34-23(22)27-21(29)15-16-28-24(30)20(35-26(28)33)14-8-11-17-9-4-3-5-10-17/h3-5,8-11,14H,2,6-7,12-13,15-16H2,1H3,(H,27,29)/b11-8+,20-14+. The summed E-state index contributed by atoms with van der Waals surface area (Å²) in [5.74, 6) is -0.867. The number of fused-ring (bicyclic) bond motifs is 1. The number of thiocarbonyl (C=S) groups is 1. The Morgan fingerprint density at radius 3 is 2.74 bits per heavy atom. The summed E-state index contributed by atoms with van der Waals surface area (Å²) >= 11 is 8.06. The Bertz CT molecular complexity index is 1200. The Kier molecular flexibility index (Phi) is 8.54. The van der Waals surface area contributed by atoms with Crippen LogP contribution in [0.3, 0.4) is 0 Å². The van der Waals surface area contributed by atoms with E-state index in [4.69, 9.17) is 17.0 Å². The number of hydrogen-bond donors (Lipinski definition) is 1. The van der Waals surface area contributed by atoms with E-state index in [-0.39, 0.29) is 31.4 Å². The van der Waals surface area contributed by atoms with Gasteiger partial charge < -0.3 is 10.1 Å². The molecule has 1 saturated heterocycles. The highest BCUT2D eigenvalue weighted by Crippen LogP contribution is 2.39. The van der Waals surface area contributed by atoms with Gasteiger partial charge in [0.05, 0.1) is 17.1 Å². The number of thioether (sulfide) groups is 1. The van der Waals surface area contributed by atoms with Crippen LogP contribution in [0.25, 0.3) is 6.08 Å². The predicted octanol–water partition coefficient (Wildman–Crippen LogP) is 5.59. The molecule has 1 aromatic heterocycles. The maximum atomic E-state index is 12.8. The molecule has 0 atom stereocenters. The largest absolute Gasteiger partial charge is 0.462 e. The molecule has 1 aliphatic carbocycles. The first-order valence-corrected chi connectivity index (χ1v) is 13.6. The lowest BCUT2D eigenvalue weighted by molar-refractivity contribution is -0.122. The molecule has 0 radical (unpaired) electrons. The van der Waals surface area contributed by atoms with E-state index in [9.17, 15) is 14.4 Å². The third kappa shape index (κ3) is 6.09. The van der Waals surface area contributed by atoms with Gasteiger partial charge in [0.25, 0.3) is 5.91 Å². The molecule has 1 fully saturated rings. The van der Waals surface area contributed by atoms with Crippen molar-refractivity contribution in [3.8, 4) is 0 Å². The molecule has 9 heteroatoms. The summed E-state index contributed by atoms with van der Waals surface area (Å²) < 4.78 is 5.68. The van der Waals surface area contributed by atoms with Crippen molar-refractivity contribution >= 4 is 68.5 Å². The topological polar surface area (TPSA) is 75.7 Å². The van der Waals surface area contributed by atoms with Crippen LogP contribution in [-0.2, 0) is 27.2 Å². The molecular weight excluding hydrogens is 500 g/mol. The Hall–Kier alpha value is -2.75. The van der Waals surface area contributed by atoms with Crippen molar-refractivity contribution in [2.45, 2.75) is 39.0 Å². The lowest BCUT2D eigenvalue weighted by Crippen LogP contribution is -2.31. The Balaban J connectivity index is 1.38. The third-order valence-electron chi connectivity index (χ3n) is 5.68. The second-order valence-electron chi connectivity index (χ2n) is 8.06. The minimum atomic E-state index is -0.396. The first-order chi connectivity index (χ1) is 17.0. The molecule has 182 valence electrons. The van der Waals surface area contributed by atoms with Gasteiger partial charge in [0.15, 0.2) is 0 Å². The van der Waals surface area contributed by atoms with Gasteiger partial charge in [0.2, 0.25) is 5.91 Å². The molecule has 2 aromatic rings. The number of nitrogens with one attached hydrogen (secondary N) is 1. The van der Waals surface area contributed by atoms with Crippen LogP contribution in [0.5, 0.6) is 0 Å². The molecule has 0 unspecified atom stereocenters. The second-order valence-corrected chi connectivity index (χ2v) is 10.8. The van der Waals surface area contributed by atoms with Gasteiger partial charge in [-0.2, -0.15) is 0 Å². The van der Waals surface area contributed by atoms with Gasteiger partial charge >= 0.3 is 5.97 Å². The molecule has 1 aromatic carbocycles. The summed E-state index contributed by atoms with van der Waals surface area (Å²) in [6, 6.07) is 9.80. The number of esters is 1. The summed E-state index contributed by atoms with van der Waals surface area (Å²) in [6.45, 7) is 2.22. The molecule has 2 amide bonds. The van der Waals surface area contributed by atoms with Crippen molar-refractivity contribution in [1.82, 2.24) is 4.90 Å². The van der Waals surface area contributed by atoms with Crippen molar-refractivity contribution in [2.24, 2.45) is 0 Å². The molecule has 6 nitrogen and oxygen atoms in total. The molecule has 4 rings (SSSR count). The van der Waals surface area contributed by atoms with Crippen LogP contribution in [0.15, 0.2) is 47.4 Å². The zero-order valence-corrected chi connectivity index (χ0v) is 21.8. The number of nitrogens with zero attached hydrogens (tertiary/aromatic N) is 1. The van der Waals surface area contributed by atoms with E-state index in [1.807, 2.05) is 42.5 Å². The highest BCUT2D eigenvalue weighted by molar-refractivity contribution is 8.26. The number of thiophene rings is 1. The quantitative estimate of drug-likeness (QED) is 0.275. The second kappa shape index (κ2) is 11.8. The summed E-state index contributed by atoms with van der Waals surface area (Å²) in [4.78, 5) is 41.3. The highest BCUT2D eigenvalue weighted by Gasteiger charge is 2.32. The highest BCUT2D eigenvalue weighted by atomic mass is 32.2. The lowest BCUT2D eigenvalue weighted by Gasteiger charge is -2.14. The first kappa shape index (κ1) is 25.3. The Morgan fingerprint density at radius 1 is 1.20 bits per heavy atom. The minimum Gasteiger partial charge on any atom is -0.462 e. The minimum absolute atomic E-state index is 0.0738. The van der Waals surface area contributed by atoms with Crippen molar-refractivity contribution in [2.75, 3.05) is 18.5 Å². The van der Waals surface area contributed by atoms with E-state index in [0.717, 1.165) is 41.7 Å². The Morgan fingerprint density at radius 2 is 1.97 bits per heavy atom. The summed E-state index contributed by atoms with van der Waals surface area (Å²) in [5.41, 5.74) is 2.52. The summed E-state index contributed by atoms with van der Waals surface area (Å²) in [6.07, 6.45) is 9.38. The number of ether oxygens (including phenoxy) is 1. The predicted molar refractivity (Wildman–Crippen MR) is 146 cm³/mol. The van der Waals surface area contributed by atoms with Crippen molar-refractivity contribution in [3.05, 3.63) is 69.0 Å². The fourth-order valence-electron chi connectivity index (χ4n) is 3.99. The molecule has 2 aliphatic rings. The molecule has 35 heavy (non-hydrogen) atoms. The number of aryl methyl sites for hydroxylation is 1. The third-order valence-corrected chi connectivity index (χ3v) is 8.28. The van der Waals surface area contributed by atoms with Crippen LogP contribution in [0.4, 0.5) is 5.00 Å². The van der Waals surface area contributed by atoms with Gasteiger partial charge in [-0.1, -0.05) is 66.5 Å². The molecule has 0 spiro atoms. The van der Waals surface area contributed by atoms with Crippen molar-refractivity contribution < 1.29 is 19.1 Å². The monoisotopic (exact) mass is 526 g/mol. The molecule has 1 aliphatic heterocycles. The number of benzene rings is 1. The molecular formula is C26H26N2O4S3. The fourth-order valence-corrected chi connectivity index (χ4v) is 6.55. The van der Waals surface area contributed by atoms with Gasteiger partial charge in [-0.3, -0.25) is 14.5 Å². The van der Waals surface area contributed by atoms with Crippen LogP contribution in [0.1, 0.15) is 52.5 Å². The maximum absolute atomic E-state index is 12.8. The number of anilines is 1. The number of amides is 2. The van der Waals surface area contributed by atoms with Crippen LogP contribution < -0.4 is 5.32 Å². The van der Waals surface area contributed by atoms with Crippen molar-refractivity contribution in [1.29, 1.82) is 0 Å². The summed E-state index contributed by atoms with van der Waals surface area (Å²) in [7, 11) is 0. The van der Waals surface area contributed by atoms with E-state index in [2.05, 4.69) is 5.32 Å². The average molecular weight is 527 g/mol. The normalized spacial score (nSPS) is 16.7. The van der Waals surface area contributed by atoms with Crippen LogP contribution in [0, 0.1) is 0 Å². The smallest absolute Gasteiger partial charge is 0.341 e. The molecule has 2 heterocycles.